The van der Waals surface area contributed by atoms with E-state index in [1.54, 1.807) is 18.6 Å². The van der Waals surface area contributed by atoms with Crippen LogP contribution in [0.3, 0.4) is 0 Å². The minimum absolute atomic E-state index is 0.129. The summed E-state index contributed by atoms with van der Waals surface area (Å²) in [6.07, 6.45) is 6.61. The summed E-state index contributed by atoms with van der Waals surface area (Å²) < 4.78 is 28.6. The van der Waals surface area contributed by atoms with Gasteiger partial charge in [-0.25, -0.2) is 19.9 Å². The van der Waals surface area contributed by atoms with Crippen LogP contribution in [0.25, 0.3) is 22.2 Å². The van der Waals surface area contributed by atoms with E-state index in [4.69, 9.17) is 18.9 Å². The van der Waals surface area contributed by atoms with Crippen LogP contribution in [-0.2, 0) is 13.1 Å². The van der Waals surface area contributed by atoms with Crippen molar-refractivity contribution >= 4 is 22.2 Å². The van der Waals surface area contributed by atoms with Gasteiger partial charge in [-0.3, -0.25) is 4.57 Å². The van der Waals surface area contributed by atoms with Gasteiger partial charge < -0.3 is 33.3 Å². The fourth-order valence-corrected chi connectivity index (χ4v) is 4.74. The van der Waals surface area contributed by atoms with E-state index in [0.717, 1.165) is 47.7 Å². The number of aromatic nitrogens is 6. The average molecular weight is 495 g/mol. The first kappa shape index (κ1) is 22.8. The summed E-state index contributed by atoms with van der Waals surface area (Å²) in [5.74, 6) is 2.80. The van der Waals surface area contributed by atoms with Gasteiger partial charge in [-0.05, 0) is 21.1 Å². The number of rotatable bonds is 8. The Labute approximate surface area is 208 Å². The van der Waals surface area contributed by atoms with Crippen LogP contribution >= 0.6 is 0 Å². The number of likely N-dealkylation sites (N-methyl/N-ethyl adjacent to an activating group) is 2. The fourth-order valence-electron chi connectivity index (χ4n) is 4.74. The van der Waals surface area contributed by atoms with Crippen LogP contribution in [0.15, 0.2) is 24.9 Å². The SMILES string of the molecule is CN(C)CCn1c2c(c3nccnc31)OC(CN(C)CCn1c3c(c4ncncc41)OCCO3)CO2. The largest absolute Gasteiger partial charge is 0.483 e. The molecule has 1 atom stereocenters. The zero-order valence-corrected chi connectivity index (χ0v) is 20.8. The number of fused-ring (bicyclic) bond motifs is 6. The molecule has 0 aromatic carbocycles. The summed E-state index contributed by atoms with van der Waals surface area (Å²) in [5.41, 5.74) is 3.21. The molecule has 0 amide bonds. The molecule has 36 heavy (non-hydrogen) atoms. The second-order valence-corrected chi connectivity index (χ2v) is 9.37. The molecule has 0 spiro atoms. The quantitative estimate of drug-likeness (QED) is 0.356. The highest BCUT2D eigenvalue weighted by Gasteiger charge is 2.31. The van der Waals surface area contributed by atoms with Gasteiger partial charge in [-0.2, -0.15) is 0 Å². The highest BCUT2D eigenvalue weighted by Crippen LogP contribution is 2.41. The molecule has 0 saturated carbocycles. The summed E-state index contributed by atoms with van der Waals surface area (Å²) in [7, 11) is 6.17. The minimum atomic E-state index is -0.129. The Balaban J connectivity index is 1.16. The normalized spacial score (nSPS) is 17.0. The van der Waals surface area contributed by atoms with Crippen molar-refractivity contribution in [2.45, 2.75) is 19.2 Å². The molecule has 0 N–H and O–H groups in total. The molecule has 6 rings (SSSR count). The van der Waals surface area contributed by atoms with Crippen LogP contribution in [0.2, 0.25) is 0 Å². The van der Waals surface area contributed by atoms with Crippen molar-refractivity contribution in [2.24, 2.45) is 0 Å². The predicted octanol–water partition coefficient (Wildman–Crippen LogP) is 1.28. The van der Waals surface area contributed by atoms with Crippen LogP contribution in [0, 0.1) is 0 Å². The molecule has 0 aliphatic carbocycles. The van der Waals surface area contributed by atoms with Crippen LogP contribution in [0.1, 0.15) is 0 Å². The van der Waals surface area contributed by atoms with E-state index in [1.165, 1.54) is 6.33 Å². The smallest absolute Gasteiger partial charge is 0.241 e. The van der Waals surface area contributed by atoms with Gasteiger partial charge in [0, 0.05) is 45.1 Å². The molecule has 0 fully saturated rings. The molecule has 6 heterocycles. The Bertz CT molecular complexity index is 1380. The van der Waals surface area contributed by atoms with Gasteiger partial charge in [0.25, 0.3) is 0 Å². The Morgan fingerprint density at radius 2 is 1.69 bits per heavy atom. The maximum Gasteiger partial charge on any atom is 0.241 e. The lowest BCUT2D eigenvalue weighted by Gasteiger charge is -2.29. The van der Waals surface area contributed by atoms with Crippen molar-refractivity contribution in [3.8, 4) is 23.3 Å². The average Bonchev–Trinajstić information content (AvgIpc) is 3.38. The summed E-state index contributed by atoms with van der Waals surface area (Å²) >= 11 is 0. The van der Waals surface area contributed by atoms with Crippen LogP contribution in [0.5, 0.6) is 23.3 Å². The minimum Gasteiger partial charge on any atom is -0.483 e. The molecule has 2 aliphatic rings. The molecule has 0 bridgehead atoms. The van der Waals surface area contributed by atoms with Gasteiger partial charge in [-0.15, -0.1) is 0 Å². The van der Waals surface area contributed by atoms with E-state index in [-0.39, 0.29) is 6.10 Å². The molecule has 2 aliphatic heterocycles. The fraction of sp³-hybridized carbons (Fsp3) is 0.500. The maximum atomic E-state index is 6.43. The van der Waals surface area contributed by atoms with Crippen molar-refractivity contribution in [1.29, 1.82) is 0 Å². The molecule has 4 aromatic heterocycles. The van der Waals surface area contributed by atoms with Crippen molar-refractivity contribution in [3.05, 3.63) is 24.9 Å². The third-order valence-electron chi connectivity index (χ3n) is 6.48. The van der Waals surface area contributed by atoms with Crippen molar-refractivity contribution in [3.63, 3.8) is 0 Å². The Morgan fingerprint density at radius 1 is 0.889 bits per heavy atom. The zero-order chi connectivity index (χ0) is 24.6. The van der Waals surface area contributed by atoms with Crippen LogP contribution in [-0.4, -0.2) is 106 Å². The molecule has 4 aromatic rings. The van der Waals surface area contributed by atoms with Crippen LogP contribution in [0.4, 0.5) is 0 Å². The van der Waals surface area contributed by atoms with Gasteiger partial charge in [0.2, 0.25) is 23.3 Å². The Morgan fingerprint density at radius 3 is 2.58 bits per heavy atom. The summed E-state index contributed by atoms with van der Waals surface area (Å²) in [4.78, 5) is 22.0. The topological polar surface area (TPSA) is 105 Å². The van der Waals surface area contributed by atoms with E-state index in [0.29, 0.717) is 50.3 Å². The van der Waals surface area contributed by atoms with Crippen molar-refractivity contribution < 1.29 is 18.9 Å². The first-order chi connectivity index (χ1) is 17.6. The highest BCUT2D eigenvalue weighted by molar-refractivity contribution is 5.86. The first-order valence-electron chi connectivity index (χ1n) is 12.1. The van der Waals surface area contributed by atoms with Gasteiger partial charge in [-0.1, -0.05) is 0 Å². The van der Waals surface area contributed by atoms with Crippen LogP contribution < -0.4 is 18.9 Å². The number of ether oxygens (including phenoxy) is 4. The lowest BCUT2D eigenvalue weighted by atomic mass is 10.3. The number of nitrogens with zero attached hydrogens (tertiary/aromatic N) is 8. The molecular weight excluding hydrogens is 464 g/mol. The van der Waals surface area contributed by atoms with Gasteiger partial charge in [0.1, 0.15) is 37.8 Å². The van der Waals surface area contributed by atoms with Gasteiger partial charge in [0.15, 0.2) is 11.2 Å². The summed E-state index contributed by atoms with van der Waals surface area (Å²) in [6, 6.07) is 0. The third kappa shape index (κ3) is 4.05. The number of hydrogen-bond donors (Lipinski definition) is 0. The summed E-state index contributed by atoms with van der Waals surface area (Å²) in [6.45, 7) is 5.27. The van der Waals surface area contributed by atoms with E-state index in [1.807, 2.05) is 14.1 Å². The second-order valence-electron chi connectivity index (χ2n) is 9.37. The predicted molar refractivity (Wildman–Crippen MR) is 132 cm³/mol. The standard InChI is InChI=1S/C24H30N8O4/c1-29(2)6-8-32-22-19(26-4-5-27-22)21-24(32)35-14-16(36-21)13-30(3)7-9-31-17-12-25-15-28-18(17)20-23(31)34-11-10-33-20/h4-5,12,15-16H,6-11,13-14H2,1-3H3. The molecule has 12 nitrogen and oxygen atoms in total. The second kappa shape index (κ2) is 9.43. The van der Waals surface area contributed by atoms with Gasteiger partial charge >= 0.3 is 0 Å². The van der Waals surface area contributed by atoms with Crippen molar-refractivity contribution in [2.75, 3.05) is 60.6 Å². The number of hydrogen-bond acceptors (Lipinski definition) is 10. The molecular formula is C24H30N8O4. The van der Waals surface area contributed by atoms with E-state index >= 15 is 0 Å². The van der Waals surface area contributed by atoms with E-state index < -0.39 is 0 Å². The molecule has 0 radical (unpaired) electrons. The lowest BCUT2D eigenvalue weighted by molar-refractivity contribution is 0.0602. The third-order valence-corrected chi connectivity index (χ3v) is 6.48. The van der Waals surface area contributed by atoms with E-state index in [9.17, 15) is 0 Å². The van der Waals surface area contributed by atoms with Gasteiger partial charge in [0.05, 0.1) is 11.7 Å². The van der Waals surface area contributed by atoms with E-state index in [2.05, 4.69) is 45.9 Å². The Kier molecular flexibility index (Phi) is 5.97. The molecule has 0 saturated heterocycles. The van der Waals surface area contributed by atoms with Crippen molar-refractivity contribution in [1.82, 2.24) is 38.9 Å². The highest BCUT2D eigenvalue weighted by atomic mass is 16.6. The zero-order valence-electron chi connectivity index (χ0n) is 20.8. The monoisotopic (exact) mass is 494 g/mol. The molecule has 1 unspecified atom stereocenters. The maximum absolute atomic E-state index is 6.43. The summed E-state index contributed by atoms with van der Waals surface area (Å²) in [5, 5.41) is 0. The Hall–Kier alpha value is -3.64. The molecule has 190 valence electrons. The first-order valence-corrected chi connectivity index (χ1v) is 12.1. The molecule has 12 heteroatoms. The lowest BCUT2D eigenvalue weighted by Crippen LogP contribution is -2.40.